The van der Waals surface area contributed by atoms with Gasteiger partial charge in [-0.15, -0.1) is 0 Å². The number of ether oxygens (including phenoxy) is 1. The molecule has 0 aromatic heterocycles. The van der Waals surface area contributed by atoms with Crippen LogP contribution in [0.3, 0.4) is 0 Å². The summed E-state index contributed by atoms with van der Waals surface area (Å²) in [5, 5.41) is 8.18. The summed E-state index contributed by atoms with van der Waals surface area (Å²) in [7, 11) is 1.55. The molecule has 0 fully saturated rings. The Hall–Kier alpha value is -4.70. The number of halogens is 2. The van der Waals surface area contributed by atoms with Gasteiger partial charge in [0.15, 0.2) is 0 Å². The highest BCUT2D eigenvalue weighted by Gasteiger charge is 2.26. The van der Waals surface area contributed by atoms with E-state index in [1.165, 1.54) is 12.1 Å². The fourth-order valence-electron chi connectivity index (χ4n) is 4.65. The molecule has 0 aliphatic carbocycles. The van der Waals surface area contributed by atoms with E-state index in [-0.39, 0.29) is 17.5 Å². The minimum Gasteiger partial charge on any atom is -0.497 e. The minimum absolute atomic E-state index is 0.0796. The standard InChI is InChI=1S/C31H26BrFN4O4/c1-41-22-12-9-19(10-13-22)29(38)34-28-17-21(32)11-14-24(28)30(39)37-16-15-23-20(18-37)5-4-8-26(23)35-31(40)36-27-7-3-2-6-25(27)33/h2-14,17H,15-16,18H2,1H3,(H,34,38)(H2,35,36,40). The second-order valence-electron chi connectivity index (χ2n) is 9.35. The fraction of sp³-hybridized carbons (Fsp3) is 0.129. The van der Waals surface area contributed by atoms with E-state index in [0.29, 0.717) is 52.2 Å². The number of hydrogen-bond acceptors (Lipinski definition) is 4. The first-order chi connectivity index (χ1) is 19.8. The first-order valence-electron chi connectivity index (χ1n) is 12.8. The number of para-hydroxylation sites is 1. The van der Waals surface area contributed by atoms with Crippen molar-refractivity contribution in [1.82, 2.24) is 4.90 Å². The summed E-state index contributed by atoms with van der Waals surface area (Å²) in [6.45, 7) is 0.724. The van der Waals surface area contributed by atoms with Gasteiger partial charge in [-0.2, -0.15) is 0 Å². The molecule has 1 heterocycles. The van der Waals surface area contributed by atoms with Gasteiger partial charge in [0.1, 0.15) is 11.6 Å². The van der Waals surface area contributed by atoms with Crippen molar-refractivity contribution in [1.29, 1.82) is 0 Å². The highest BCUT2D eigenvalue weighted by molar-refractivity contribution is 9.10. The maximum atomic E-state index is 13.9. The predicted octanol–water partition coefficient (Wildman–Crippen LogP) is 6.69. The number of fused-ring (bicyclic) bond motifs is 1. The van der Waals surface area contributed by atoms with Crippen LogP contribution in [0.5, 0.6) is 5.75 Å². The van der Waals surface area contributed by atoms with Crippen molar-refractivity contribution in [3.05, 3.63) is 117 Å². The Morgan fingerprint density at radius 1 is 0.854 bits per heavy atom. The molecule has 0 saturated carbocycles. The molecule has 0 unspecified atom stereocenters. The number of methoxy groups -OCH3 is 1. The molecule has 4 aromatic rings. The number of amides is 4. The van der Waals surface area contributed by atoms with Crippen LogP contribution in [-0.4, -0.2) is 36.4 Å². The van der Waals surface area contributed by atoms with Gasteiger partial charge in [-0.1, -0.05) is 40.2 Å². The van der Waals surface area contributed by atoms with Crippen LogP contribution in [-0.2, 0) is 13.0 Å². The molecular weight excluding hydrogens is 591 g/mol. The average Bonchev–Trinajstić information content (AvgIpc) is 2.98. The number of urea groups is 1. The second kappa shape index (κ2) is 12.2. The summed E-state index contributed by atoms with van der Waals surface area (Å²) in [4.78, 5) is 40.9. The summed E-state index contributed by atoms with van der Waals surface area (Å²) >= 11 is 3.43. The van der Waals surface area contributed by atoms with Gasteiger partial charge >= 0.3 is 6.03 Å². The van der Waals surface area contributed by atoms with E-state index in [9.17, 15) is 18.8 Å². The number of rotatable bonds is 6. The van der Waals surface area contributed by atoms with E-state index in [2.05, 4.69) is 31.9 Å². The van der Waals surface area contributed by atoms with Crippen LogP contribution in [0.25, 0.3) is 0 Å². The lowest BCUT2D eigenvalue weighted by Gasteiger charge is -2.31. The van der Waals surface area contributed by atoms with Gasteiger partial charge in [0.25, 0.3) is 11.8 Å². The number of nitrogens with one attached hydrogen (secondary N) is 3. The van der Waals surface area contributed by atoms with Crippen LogP contribution in [0.2, 0.25) is 0 Å². The van der Waals surface area contributed by atoms with E-state index in [1.807, 2.05) is 6.07 Å². The monoisotopic (exact) mass is 616 g/mol. The first kappa shape index (κ1) is 27.9. The van der Waals surface area contributed by atoms with Crippen molar-refractivity contribution >= 4 is 50.8 Å². The van der Waals surface area contributed by atoms with E-state index in [0.717, 1.165) is 11.1 Å². The van der Waals surface area contributed by atoms with Gasteiger partial charge < -0.3 is 25.6 Å². The summed E-state index contributed by atoms with van der Waals surface area (Å²) in [5.41, 5.74) is 3.64. The van der Waals surface area contributed by atoms with Gasteiger partial charge in [-0.3, -0.25) is 9.59 Å². The summed E-state index contributed by atoms with van der Waals surface area (Å²) < 4.78 is 19.8. The zero-order valence-corrected chi connectivity index (χ0v) is 23.6. The lowest BCUT2D eigenvalue weighted by atomic mass is 9.97. The van der Waals surface area contributed by atoms with E-state index in [1.54, 1.807) is 78.7 Å². The molecule has 4 amide bonds. The normalized spacial score (nSPS) is 12.2. The van der Waals surface area contributed by atoms with Crippen LogP contribution in [0.4, 0.5) is 26.2 Å². The van der Waals surface area contributed by atoms with Crippen LogP contribution in [0.1, 0.15) is 31.8 Å². The molecular formula is C31H26BrFN4O4. The molecule has 1 aliphatic rings. The summed E-state index contributed by atoms with van der Waals surface area (Å²) in [6, 6.07) is 22.7. The zero-order valence-electron chi connectivity index (χ0n) is 22.0. The Morgan fingerprint density at radius 3 is 2.34 bits per heavy atom. The maximum absolute atomic E-state index is 13.9. The molecule has 0 spiro atoms. The number of hydrogen-bond donors (Lipinski definition) is 3. The van der Waals surface area contributed by atoms with Gasteiger partial charge in [0, 0.05) is 28.8 Å². The molecule has 3 N–H and O–H groups in total. The quantitative estimate of drug-likeness (QED) is 0.225. The largest absolute Gasteiger partial charge is 0.497 e. The van der Waals surface area contributed by atoms with Crippen LogP contribution < -0.4 is 20.7 Å². The molecule has 0 atom stereocenters. The lowest BCUT2D eigenvalue weighted by molar-refractivity contribution is 0.0736. The maximum Gasteiger partial charge on any atom is 0.323 e. The van der Waals surface area contributed by atoms with Crippen molar-refractivity contribution in [2.24, 2.45) is 0 Å². The number of benzene rings is 4. The summed E-state index contributed by atoms with van der Waals surface area (Å²) in [6.07, 6.45) is 0.501. The van der Waals surface area contributed by atoms with Crippen LogP contribution in [0, 0.1) is 5.82 Å². The van der Waals surface area contributed by atoms with Crippen molar-refractivity contribution in [3.8, 4) is 5.75 Å². The molecule has 10 heteroatoms. The fourth-order valence-corrected chi connectivity index (χ4v) is 5.01. The number of nitrogens with zero attached hydrogens (tertiary/aromatic N) is 1. The Morgan fingerprint density at radius 2 is 1.59 bits per heavy atom. The minimum atomic E-state index is -0.561. The number of carbonyl (C=O) groups excluding carboxylic acids is 3. The van der Waals surface area contributed by atoms with Crippen LogP contribution in [0.15, 0.2) is 89.4 Å². The van der Waals surface area contributed by atoms with E-state index in [4.69, 9.17) is 4.74 Å². The van der Waals surface area contributed by atoms with E-state index < -0.39 is 11.8 Å². The first-order valence-corrected chi connectivity index (χ1v) is 13.6. The van der Waals surface area contributed by atoms with Gasteiger partial charge in [-0.25, -0.2) is 9.18 Å². The Balaban J connectivity index is 1.31. The predicted molar refractivity (Wildman–Crippen MR) is 159 cm³/mol. The van der Waals surface area contributed by atoms with Crippen molar-refractivity contribution < 1.29 is 23.5 Å². The van der Waals surface area contributed by atoms with Gasteiger partial charge in [-0.05, 0) is 78.2 Å². The Bertz CT molecular complexity index is 1630. The molecule has 41 heavy (non-hydrogen) atoms. The highest BCUT2D eigenvalue weighted by atomic mass is 79.9. The molecule has 8 nitrogen and oxygen atoms in total. The highest BCUT2D eigenvalue weighted by Crippen LogP contribution is 2.30. The number of anilines is 3. The molecule has 0 radical (unpaired) electrons. The second-order valence-corrected chi connectivity index (χ2v) is 10.3. The molecule has 4 aromatic carbocycles. The van der Waals surface area contributed by atoms with E-state index >= 15 is 0 Å². The molecule has 208 valence electrons. The Kier molecular flexibility index (Phi) is 8.30. The Labute approximate surface area is 244 Å². The van der Waals surface area contributed by atoms with Crippen LogP contribution >= 0.6 is 15.9 Å². The molecule has 0 bridgehead atoms. The zero-order chi connectivity index (χ0) is 28.9. The van der Waals surface area contributed by atoms with Crippen molar-refractivity contribution in [2.75, 3.05) is 29.6 Å². The third-order valence-electron chi connectivity index (χ3n) is 6.74. The van der Waals surface area contributed by atoms with Crippen molar-refractivity contribution in [3.63, 3.8) is 0 Å². The lowest BCUT2D eigenvalue weighted by Crippen LogP contribution is -2.37. The number of carbonyl (C=O) groups is 3. The third kappa shape index (κ3) is 6.38. The van der Waals surface area contributed by atoms with Gasteiger partial charge in [0.05, 0.1) is 24.0 Å². The summed E-state index contributed by atoms with van der Waals surface area (Å²) in [5.74, 6) is -0.481. The third-order valence-corrected chi connectivity index (χ3v) is 7.23. The van der Waals surface area contributed by atoms with Gasteiger partial charge in [0.2, 0.25) is 0 Å². The molecule has 5 rings (SSSR count). The smallest absolute Gasteiger partial charge is 0.323 e. The SMILES string of the molecule is COc1ccc(C(=O)Nc2cc(Br)ccc2C(=O)N2CCc3c(cccc3NC(=O)Nc3ccccc3F)C2)cc1. The average molecular weight is 617 g/mol. The van der Waals surface area contributed by atoms with Crippen molar-refractivity contribution in [2.45, 2.75) is 13.0 Å². The molecule has 0 saturated heterocycles. The topological polar surface area (TPSA) is 99.8 Å². The molecule has 1 aliphatic heterocycles.